The highest BCUT2D eigenvalue weighted by Gasteiger charge is 2.27. The number of hydrogen-bond donors (Lipinski definition) is 0. The van der Waals surface area contributed by atoms with Crippen molar-refractivity contribution in [3.8, 4) is 0 Å². The lowest BCUT2D eigenvalue weighted by atomic mass is 10.4. The Balaban J connectivity index is 2.34. The first-order valence-electron chi connectivity index (χ1n) is 2.83. The fourth-order valence-corrected chi connectivity index (χ4v) is 2.50. The highest BCUT2D eigenvalue weighted by atomic mass is 79.9. The smallest absolute Gasteiger partial charge is 0.115 e. The van der Waals surface area contributed by atoms with Crippen molar-refractivity contribution in [2.45, 2.75) is 6.10 Å². The van der Waals surface area contributed by atoms with E-state index in [0.717, 1.165) is 15.4 Å². The molecule has 2 heterocycles. The Morgan fingerprint density at radius 3 is 2.90 bits per heavy atom. The highest BCUT2D eigenvalue weighted by molar-refractivity contribution is 9.10. The first kappa shape index (κ1) is 7.10. The molecule has 54 valence electrons. The van der Waals surface area contributed by atoms with Gasteiger partial charge in [-0.15, -0.1) is 11.3 Å². The monoisotopic (exact) mass is 238 g/mol. The van der Waals surface area contributed by atoms with Crippen LogP contribution >= 0.6 is 38.9 Å². The second-order valence-electron chi connectivity index (χ2n) is 2.09. The van der Waals surface area contributed by atoms with E-state index in [0.29, 0.717) is 6.10 Å². The van der Waals surface area contributed by atoms with Gasteiger partial charge in [0.05, 0.1) is 6.61 Å². The van der Waals surface area contributed by atoms with E-state index in [4.69, 9.17) is 16.3 Å². The molecule has 1 fully saturated rings. The molecule has 0 radical (unpaired) electrons. The van der Waals surface area contributed by atoms with Crippen molar-refractivity contribution < 1.29 is 4.74 Å². The summed E-state index contributed by atoms with van der Waals surface area (Å²) in [7, 11) is 0. The van der Waals surface area contributed by atoms with E-state index < -0.39 is 0 Å². The van der Waals surface area contributed by atoms with Crippen molar-refractivity contribution in [2.24, 2.45) is 0 Å². The van der Waals surface area contributed by atoms with E-state index in [-0.39, 0.29) is 0 Å². The van der Waals surface area contributed by atoms with Crippen LogP contribution in [-0.4, -0.2) is 6.61 Å². The zero-order valence-electron chi connectivity index (χ0n) is 4.93. The maximum Gasteiger partial charge on any atom is 0.115 e. The molecule has 0 N–H and O–H groups in total. The van der Waals surface area contributed by atoms with Crippen molar-refractivity contribution in [3.05, 3.63) is 19.8 Å². The third-order valence-corrected chi connectivity index (χ3v) is 3.88. The van der Waals surface area contributed by atoms with Crippen LogP contribution in [0.5, 0.6) is 0 Å². The van der Waals surface area contributed by atoms with Gasteiger partial charge in [0.2, 0.25) is 0 Å². The van der Waals surface area contributed by atoms with Gasteiger partial charge in [-0.2, -0.15) is 0 Å². The molecular formula is C6H4BrClOS. The molecule has 1 aliphatic heterocycles. The van der Waals surface area contributed by atoms with Crippen LogP contribution in [0.4, 0.5) is 0 Å². The highest BCUT2D eigenvalue weighted by Crippen LogP contribution is 2.40. The van der Waals surface area contributed by atoms with Gasteiger partial charge in [0.1, 0.15) is 10.4 Å². The number of halogens is 2. The molecule has 2 rings (SSSR count). The standard InChI is InChI=1S/C6H4BrClOS/c7-3-1-5(4-2-9-4)10-6(3)8/h1,4H,2H2/t4-/m0/s1. The summed E-state index contributed by atoms with van der Waals surface area (Å²) in [6.07, 6.45) is 0.328. The van der Waals surface area contributed by atoms with Crippen LogP contribution in [0.3, 0.4) is 0 Å². The summed E-state index contributed by atoms with van der Waals surface area (Å²) in [5, 5.41) is 0. The summed E-state index contributed by atoms with van der Waals surface area (Å²) in [6, 6.07) is 2.02. The third kappa shape index (κ3) is 1.23. The molecule has 0 aromatic carbocycles. The van der Waals surface area contributed by atoms with E-state index in [1.165, 1.54) is 4.88 Å². The van der Waals surface area contributed by atoms with Crippen molar-refractivity contribution in [3.63, 3.8) is 0 Å². The first-order chi connectivity index (χ1) is 4.77. The molecule has 0 bridgehead atoms. The van der Waals surface area contributed by atoms with Crippen LogP contribution in [-0.2, 0) is 4.74 Å². The van der Waals surface area contributed by atoms with Crippen molar-refractivity contribution in [1.29, 1.82) is 0 Å². The number of thiophene rings is 1. The normalized spacial score (nSPS) is 23.2. The molecule has 0 aliphatic carbocycles. The number of epoxide rings is 1. The number of ether oxygens (including phenoxy) is 1. The zero-order chi connectivity index (χ0) is 7.14. The van der Waals surface area contributed by atoms with E-state index in [1.807, 2.05) is 6.07 Å². The van der Waals surface area contributed by atoms with Gasteiger partial charge in [-0.3, -0.25) is 0 Å². The molecule has 1 aliphatic rings. The Labute approximate surface area is 76.1 Å². The quantitative estimate of drug-likeness (QED) is 0.686. The maximum atomic E-state index is 5.82. The fourth-order valence-electron chi connectivity index (χ4n) is 0.734. The van der Waals surface area contributed by atoms with Crippen molar-refractivity contribution >= 4 is 38.9 Å². The van der Waals surface area contributed by atoms with E-state index in [9.17, 15) is 0 Å². The average molecular weight is 240 g/mol. The van der Waals surface area contributed by atoms with Crippen LogP contribution in [0.15, 0.2) is 10.5 Å². The molecule has 0 amide bonds. The van der Waals surface area contributed by atoms with Gasteiger partial charge in [-0.25, -0.2) is 0 Å². The Bertz CT molecular complexity index is 237. The Kier molecular flexibility index (Phi) is 1.76. The molecule has 1 atom stereocenters. The second kappa shape index (κ2) is 2.48. The fraction of sp³-hybridized carbons (Fsp3) is 0.333. The lowest BCUT2D eigenvalue weighted by molar-refractivity contribution is 0.418. The molecule has 0 spiro atoms. The molecule has 1 saturated heterocycles. The van der Waals surface area contributed by atoms with Crippen LogP contribution in [0.25, 0.3) is 0 Å². The third-order valence-electron chi connectivity index (χ3n) is 1.31. The maximum absolute atomic E-state index is 5.82. The second-order valence-corrected chi connectivity index (χ2v) is 4.63. The number of rotatable bonds is 1. The summed E-state index contributed by atoms with van der Waals surface area (Å²) in [4.78, 5) is 1.22. The van der Waals surface area contributed by atoms with Crippen LogP contribution in [0.2, 0.25) is 4.34 Å². The largest absolute Gasteiger partial charge is 0.367 e. The average Bonchev–Trinajstić information content (AvgIpc) is 2.64. The topological polar surface area (TPSA) is 12.5 Å². The van der Waals surface area contributed by atoms with Gasteiger partial charge < -0.3 is 4.74 Å². The molecule has 0 saturated carbocycles. The van der Waals surface area contributed by atoms with Gasteiger partial charge in [-0.05, 0) is 22.0 Å². The SMILES string of the molecule is Clc1sc([C@@H]2CO2)cc1Br. The lowest BCUT2D eigenvalue weighted by Crippen LogP contribution is -1.66. The van der Waals surface area contributed by atoms with E-state index in [2.05, 4.69) is 15.9 Å². The molecule has 0 unspecified atom stereocenters. The van der Waals surface area contributed by atoms with Gasteiger partial charge in [0.25, 0.3) is 0 Å². The minimum atomic E-state index is 0.328. The Morgan fingerprint density at radius 1 is 1.80 bits per heavy atom. The summed E-state index contributed by atoms with van der Waals surface area (Å²) in [5.41, 5.74) is 0. The van der Waals surface area contributed by atoms with Crippen LogP contribution in [0, 0.1) is 0 Å². The zero-order valence-corrected chi connectivity index (χ0v) is 8.09. The van der Waals surface area contributed by atoms with Gasteiger partial charge in [0, 0.05) is 9.35 Å². The minimum Gasteiger partial charge on any atom is -0.367 e. The predicted octanol–water partition coefficient (Wildman–Crippen LogP) is 3.24. The molecule has 1 aromatic rings. The van der Waals surface area contributed by atoms with Crippen LogP contribution in [0.1, 0.15) is 11.0 Å². The summed E-state index contributed by atoms with van der Waals surface area (Å²) >= 11 is 10.7. The Morgan fingerprint density at radius 2 is 2.50 bits per heavy atom. The molecule has 1 nitrogen and oxygen atoms in total. The summed E-state index contributed by atoms with van der Waals surface area (Å²) < 4.78 is 6.88. The van der Waals surface area contributed by atoms with Crippen molar-refractivity contribution in [1.82, 2.24) is 0 Å². The van der Waals surface area contributed by atoms with E-state index >= 15 is 0 Å². The van der Waals surface area contributed by atoms with Gasteiger partial charge >= 0.3 is 0 Å². The molecular weight excluding hydrogens is 235 g/mol. The lowest BCUT2D eigenvalue weighted by Gasteiger charge is -1.79. The van der Waals surface area contributed by atoms with E-state index in [1.54, 1.807) is 11.3 Å². The van der Waals surface area contributed by atoms with Crippen LogP contribution < -0.4 is 0 Å². The predicted molar refractivity (Wildman–Crippen MR) is 45.7 cm³/mol. The number of hydrogen-bond acceptors (Lipinski definition) is 2. The molecule has 4 heteroatoms. The van der Waals surface area contributed by atoms with Gasteiger partial charge in [0.15, 0.2) is 0 Å². The van der Waals surface area contributed by atoms with Crippen molar-refractivity contribution in [2.75, 3.05) is 6.61 Å². The van der Waals surface area contributed by atoms with Gasteiger partial charge in [-0.1, -0.05) is 11.6 Å². The Hall–Kier alpha value is 0.430. The summed E-state index contributed by atoms with van der Waals surface area (Å²) in [5.74, 6) is 0. The minimum absolute atomic E-state index is 0.328. The first-order valence-corrected chi connectivity index (χ1v) is 4.82. The summed E-state index contributed by atoms with van der Waals surface area (Å²) in [6.45, 7) is 0.850. The molecule has 10 heavy (non-hydrogen) atoms. The molecule has 1 aromatic heterocycles.